The van der Waals surface area contributed by atoms with Crippen LogP contribution in [0, 0.1) is 6.92 Å². The van der Waals surface area contributed by atoms with Crippen molar-refractivity contribution in [1.29, 1.82) is 0 Å². The van der Waals surface area contributed by atoms with Crippen LogP contribution in [-0.2, 0) is 6.54 Å². The Hall–Kier alpha value is -1.33. The second kappa shape index (κ2) is 5.75. The maximum atomic E-state index is 10.9. The van der Waals surface area contributed by atoms with Gasteiger partial charge in [0.2, 0.25) is 5.76 Å². The monoisotopic (exact) mass is 266 g/mol. The predicted octanol–water partition coefficient (Wildman–Crippen LogP) is 1.81. The number of aryl methyl sites for hydroxylation is 1. The van der Waals surface area contributed by atoms with Crippen molar-refractivity contribution in [2.45, 2.75) is 33.4 Å². The number of carboxylic acids is 1. The molecule has 1 atom stereocenters. The zero-order chi connectivity index (χ0) is 14.0. The van der Waals surface area contributed by atoms with Gasteiger partial charge in [-0.3, -0.25) is 9.80 Å². The Morgan fingerprint density at radius 2 is 2.26 bits per heavy atom. The molecule has 1 aliphatic rings. The van der Waals surface area contributed by atoms with Gasteiger partial charge in [-0.2, -0.15) is 0 Å². The van der Waals surface area contributed by atoms with Crippen LogP contribution in [0.4, 0.5) is 0 Å². The van der Waals surface area contributed by atoms with Crippen LogP contribution < -0.4 is 0 Å². The molecular formula is C14H22N2O3. The number of furan rings is 1. The number of carbonyl (C=O) groups is 1. The number of rotatable bonds is 4. The third-order valence-electron chi connectivity index (χ3n) is 3.80. The highest BCUT2D eigenvalue weighted by Crippen LogP contribution is 2.18. The molecule has 0 spiro atoms. The second-order valence-electron chi connectivity index (χ2n) is 5.24. The number of aromatic carboxylic acids is 1. The summed E-state index contributed by atoms with van der Waals surface area (Å²) in [7, 11) is 0. The van der Waals surface area contributed by atoms with Crippen molar-refractivity contribution >= 4 is 5.97 Å². The van der Waals surface area contributed by atoms with Crippen LogP contribution in [0.25, 0.3) is 0 Å². The van der Waals surface area contributed by atoms with Gasteiger partial charge in [0.1, 0.15) is 5.76 Å². The molecular weight excluding hydrogens is 244 g/mol. The van der Waals surface area contributed by atoms with Crippen molar-refractivity contribution in [1.82, 2.24) is 9.80 Å². The van der Waals surface area contributed by atoms with E-state index in [0.29, 0.717) is 18.2 Å². The molecule has 5 nitrogen and oxygen atoms in total. The molecule has 0 radical (unpaired) electrons. The summed E-state index contributed by atoms with van der Waals surface area (Å²) in [6.07, 6.45) is 0. The van der Waals surface area contributed by atoms with Crippen LogP contribution >= 0.6 is 0 Å². The summed E-state index contributed by atoms with van der Waals surface area (Å²) in [5.74, 6) is -0.185. The lowest BCUT2D eigenvalue weighted by atomic mass is 10.2. The summed E-state index contributed by atoms with van der Waals surface area (Å²) >= 11 is 0. The first-order valence-corrected chi connectivity index (χ1v) is 6.80. The SMILES string of the molecule is CCN1CCN(Cc2cc(C)c(C(=O)O)o2)CC1C. The molecule has 1 aromatic rings. The Morgan fingerprint density at radius 1 is 1.53 bits per heavy atom. The molecule has 2 rings (SSSR count). The lowest BCUT2D eigenvalue weighted by molar-refractivity contribution is 0.0643. The van der Waals surface area contributed by atoms with Crippen LogP contribution in [0.3, 0.4) is 0 Å². The molecule has 106 valence electrons. The molecule has 1 aromatic heterocycles. The molecule has 1 unspecified atom stereocenters. The molecule has 19 heavy (non-hydrogen) atoms. The summed E-state index contributed by atoms with van der Waals surface area (Å²) in [4.78, 5) is 15.7. The van der Waals surface area contributed by atoms with Crippen molar-refractivity contribution in [3.8, 4) is 0 Å². The fourth-order valence-electron chi connectivity index (χ4n) is 2.74. The van der Waals surface area contributed by atoms with Gasteiger partial charge < -0.3 is 9.52 Å². The summed E-state index contributed by atoms with van der Waals surface area (Å²) < 4.78 is 5.41. The molecule has 1 fully saturated rings. The van der Waals surface area contributed by atoms with E-state index in [1.54, 1.807) is 6.92 Å². The van der Waals surface area contributed by atoms with E-state index in [9.17, 15) is 4.79 Å². The van der Waals surface area contributed by atoms with Gasteiger partial charge in [-0.05, 0) is 26.5 Å². The number of hydrogen-bond acceptors (Lipinski definition) is 4. The quantitative estimate of drug-likeness (QED) is 0.900. The van der Waals surface area contributed by atoms with Crippen molar-refractivity contribution in [3.05, 3.63) is 23.2 Å². The van der Waals surface area contributed by atoms with Gasteiger partial charge in [-0.1, -0.05) is 6.92 Å². The Balaban J connectivity index is 1.99. The van der Waals surface area contributed by atoms with E-state index in [1.165, 1.54) is 0 Å². The molecule has 0 aliphatic carbocycles. The number of likely N-dealkylation sites (N-methyl/N-ethyl adjacent to an activating group) is 1. The van der Waals surface area contributed by atoms with Crippen molar-refractivity contribution in [2.75, 3.05) is 26.2 Å². The molecule has 0 amide bonds. The summed E-state index contributed by atoms with van der Waals surface area (Å²) in [6, 6.07) is 2.37. The Labute approximate surface area is 113 Å². The fourth-order valence-corrected chi connectivity index (χ4v) is 2.74. The number of piperazine rings is 1. The predicted molar refractivity (Wildman–Crippen MR) is 72.4 cm³/mol. The third kappa shape index (κ3) is 3.16. The minimum Gasteiger partial charge on any atom is -0.475 e. The van der Waals surface area contributed by atoms with E-state index in [1.807, 2.05) is 6.07 Å². The third-order valence-corrected chi connectivity index (χ3v) is 3.80. The lowest BCUT2D eigenvalue weighted by Gasteiger charge is -2.38. The summed E-state index contributed by atoms with van der Waals surface area (Å²) in [6.45, 7) is 11.0. The Bertz CT molecular complexity index is 456. The lowest BCUT2D eigenvalue weighted by Crippen LogP contribution is -2.51. The average molecular weight is 266 g/mol. The minimum absolute atomic E-state index is 0.0650. The molecule has 1 aliphatic heterocycles. The Kier molecular flexibility index (Phi) is 4.27. The maximum absolute atomic E-state index is 10.9. The van der Waals surface area contributed by atoms with E-state index >= 15 is 0 Å². The maximum Gasteiger partial charge on any atom is 0.372 e. The molecule has 1 saturated heterocycles. The van der Waals surface area contributed by atoms with Gasteiger partial charge in [0.15, 0.2) is 0 Å². The van der Waals surface area contributed by atoms with E-state index < -0.39 is 5.97 Å². The highest BCUT2D eigenvalue weighted by Gasteiger charge is 2.23. The van der Waals surface area contributed by atoms with E-state index in [0.717, 1.165) is 31.9 Å². The van der Waals surface area contributed by atoms with Gasteiger partial charge in [-0.25, -0.2) is 4.79 Å². The van der Waals surface area contributed by atoms with Crippen LogP contribution in [0.2, 0.25) is 0 Å². The molecule has 2 heterocycles. The molecule has 0 saturated carbocycles. The van der Waals surface area contributed by atoms with Gasteiger partial charge in [-0.15, -0.1) is 0 Å². The highest BCUT2D eigenvalue weighted by molar-refractivity contribution is 5.86. The molecule has 0 aromatic carbocycles. The molecule has 5 heteroatoms. The molecule has 1 N–H and O–H groups in total. The second-order valence-corrected chi connectivity index (χ2v) is 5.24. The zero-order valence-electron chi connectivity index (χ0n) is 11.8. The average Bonchev–Trinajstić information content (AvgIpc) is 2.70. The highest BCUT2D eigenvalue weighted by atomic mass is 16.4. The van der Waals surface area contributed by atoms with Crippen LogP contribution in [0.5, 0.6) is 0 Å². The summed E-state index contributed by atoms with van der Waals surface area (Å²) in [5.41, 5.74) is 0.697. The number of nitrogens with zero attached hydrogens (tertiary/aromatic N) is 2. The first kappa shape index (κ1) is 14.1. The van der Waals surface area contributed by atoms with Gasteiger partial charge in [0.25, 0.3) is 0 Å². The number of carboxylic acid groups (broad SMARTS) is 1. The van der Waals surface area contributed by atoms with Crippen molar-refractivity contribution < 1.29 is 14.3 Å². The van der Waals surface area contributed by atoms with Crippen LogP contribution in [0.1, 0.15) is 35.7 Å². The smallest absolute Gasteiger partial charge is 0.372 e. The molecule has 0 bridgehead atoms. The topological polar surface area (TPSA) is 56.9 Å². The first-order valence-electron chi connectivity index (χ1n) is 6.80. The van der Waals surface area contributed by atoms with E-state index in [4.69, 9.17) is 9.52 Å². The first-order chi connectivity index (χ1) is 9.01. The zero-order valence-corrected chi connectivity index (χ0v) is 11.8. The Morgan fingerprint density at radius 3 is 2.79 bits per heavy atom. The van der Waals surface area contributed by atoms with Crippen LogP contribution in [-0.4, -0.2) is 53.1 Å². The van der Waals surface area contributed by atoms with Gasteiger partial charge in [0, 0.05) is 31.2 Å². The summed E-state index contributed by atoms with van der Waals surface area (Å²) in [5, 5.41) is 8.98. The normalized spacial score (nSPS) is 21.7. The van der Waals surface area contributed by atoms with Crippen LogP contribution in [0.15, 0.2) is 10.5 Å². The standard InChI is InChI=1S/C14H22N2O3/c1-4-16-6-5-15(8-11(16)3)9-12-7-10(2)13(19-12)14(17)18/h7,11H,4-6,8-9H2,1-3H3,(H,17,18). The van der Waals surface area contributed by atoms with Gasteiger partial charge >= 0.3 is 5.97 Å². The van der Waals surface area contributed by atoms with Crippen molar-refractivity contribution in [2.24, 2.45) is 0 Å². The van der Waals surface area contributed by atoms with Crippen molar-refractivity contribution in [3.63, 3.8) is 0 Å². The minimum atomic E-state index is -0.993. The van der Waals surface area contributed by atoms with E-state index in [2.05, 4.69) is 23.6 Å². The van der Waals surface area contributed by atoms with E-state index in [-0.39, 0.29) is 5.76 Å². The number of hydrogen-bond donors (Lipinski definition) is 1. The van der Waals surface area contributed by atoms with Gasteiger partial charge in [0.05, 0.1) is 6.54 Å². The largest absolute Gasteiger partial charge is 0.475 e. The fraction of sp³-hybridized carbons (Fsp3) is 0.643.